The molecule has 0 atom stereocenters. The number of carbonyl (C=O) groups is 3. The number of amides is 3. The normalized spacial score (nSPS) is 10.4. The van der Waals surface area contributed by atoms with Crippen LogP contribution in [0, 0.1) is 6.92 Å². The van der Waals surface area contributed by atoms with E-state index >= 15 is 0 Å². The van der Waals surface area contributed by atoms with Crippen molar-refractivity contribution in [2.45, 2.75) is 6.92 Å². The van der Waals surface area contributed by atoms with Gasteiger partial charge in [-0.3, -0.25) is 23.9 Å². The van der Waals surface area contributed by atoms with Crippen LogP contribution in [0.15, 0.2) is 59.4 Å². The van der Waals surface area contributed by atoms with Crippen LogP contribution < -0.4 is 21.9 Å². The summed E-state index contributed by atoms with van der Waals surface area (Å²) in [4.78, 5) is 48.3. The summed E-state index contributed by atoms with van der Waals surface area (Å²) in [5.41, 5.74) is 6.04. The van der Waals surface area contributed by atoms with Crippen molar-refractivity contribution >= 4 is 29.1 Å². The third-order valence-corrected chi connectivity index (χ3v) is 4.44. The van der Waals surface area contributed by atoms with E-state index < -0.39 is 23.3 Å². The Morgan fingerprint density at radius 1 is 0.931 bits per heavy atom. The lowest BCUT2D eigenvalue weighted by molar-refractivity contribution is -0.134. The summed E-state index contributed by atoms with van der Waals surface area (Å²) in [6.07, 6.45) is 0. The predicted octanol–water partition coefficient (Wildman–Crippen LogP) is 1.16. The summed E-state index contributed by atoms with van der Waals surface area (Å²) in [5, 5.41) is 4.89. The second-order valence-corrected chi connectivity index (χ2v) is 6.25. The van der Waals surface area contributed by atoms with E-state index in [1.165, 1.54) is 16.8 Å². The molecule has 0 spiro atoms. The van der Waals surface area contributed by atoms with Crippen LogP contribution in [0.2, 0.25) is 0 Å². The van der Waals surface area contributed by atoms with Gasteiger partial charge >= 0.3 is 11.8 Å². The molecule has 3 aromatic rings. The third kappa shape index (κ3) is 3.79. The molecule has 0 bridgehead atoms. The minimum absolute atomic E-state index is 0.0796. The Morgan fingerprint density at radius 3 is 2.21 bits per heavy atom. The van der Waals surface area contributed by atoms with Gasteiger partial charge in [0.2, 0.25) is 0 Å². The molecule has 0 aliphatic rings. The van der Waals surface area contributed by atoms with Gasteiger partial charge in [-0.1, -0.05) is 30.3 Å². The van der Waals surface area contributed by atoms with Crippen molar-refractivity contribution in [3.05, 3.63) is 76.2 Å². The number of benzene rings is 2. The lowest BCUT2D eigenvalue weighted by Gasteiger charge is -2.10. The summed E-state index contributed by atoms with van der Waals surface area (Å²) in [7, 11) is 1.71. The highest BCUT2D eigenvalue weighted by Crippen LogP contribution is 2.19. The highest BCUT2D eigenvalue weighted by atomic mass is 16.2. The fourth-order valence-corrected chi connectivity index (χ4v) is 2.87. The predicted molar refractivity (Wildman–Crippen MR) is 108 cm³/mol. The summed E-state index contributed by atoms with van der Waals surface area (Å²) in [6, 6.07) is 15.1. The van der Waals surface area contributed by atoms with Gasteiger partial charge < -0.3 is 16.4 Å². The fraction of sp³-hybridized carbons (Fsp3) is 0.100. The smallest absolute Gasteiger partial charge is 0.313 e. The van der Waals surface area contributed by atoms with Gasteiger partial charge in [-0.15, -0.1) is 0 Å². The van der Waals surface area contributed by atoms with Crippen LogP contribution in [-0.2, 0) is 16.6 Å². The molecule has 148 valence electrons. The Balaban J connectivity index is 1.96. The number of nitrogens with one attached hydrogen (secondary N) is 2. The molecule has 9 heteroatoms. The van der Waals surface area contributed by atoms with Gasteiger partial charge in [-0.2, -0.15) is 0 Å². The standard InChI is InChI=1S/C20H19N5O4/c1-12-16(20(29)25(24(12)2)13-8-4-3-5-9-13)23-18(27)14-10-6-7-11-15(14)22-19(28)17(21)26/h3-11H,1-2H3,(H2,21,26)(H,22,28)(H,23,27). The monoisotopic (exact) mass is 393 g/mol. The number of nitrogens with zero attached hydrogens (tertiary/aromatic N) is 2. The van der Waals surface area contributed by atoms with Crippen LogP contribution in [-0.4, -0.2) is 27.1 Å². The first-order valence-electron chi connectivity index (χ1n) is 8.66. The van der Waals surface area contributed by atoms with Crippen molar-refractivity contribution in [3.8, 4) is 5.69 Å². The van der Waals surface area contributed by atoms with E-state index in [0.717, 1.165) is 0 Å². The van der Waals surface area contributed by atoms with Gasteiger partial charge in [-0.05, 0) is 31.2 Å². The van der Waals surface area contributed by atoms with Crippen molar-refractivity contribution in [1.82, 2.24) is 9.36 Å². The molecule has 29 heavy (non-hydrogen) atoms. The molecule has 4 N–H and O–H groups in total. The Hall–Kier alpha value is -4.14. The van der Waals surface area contributed by atoms with Crippen LogP contribution in [0.4, 0.5) is 11.4 Å². The van der Waals surface area contributed by atoms with E-state index in [1.54, 1.807) is 55.1 Å². The summed E-state index contributed by atoms with van der Waals surface area (Å²) in [5.74, 6) is -2.84. The number of nitrogens with two attached hydrogens (primary N) is 1. The van der Waals surface area contributed by atoms with Crippen LogP contribution in [0.3, 0.4) is 0 Å². The Kier molecular flexibility index (Phi) is 5.31. The zero-order chi connectivity index (χ0) is 21.1. The summed E-state index contributed by atoms with van der Waals surface area (Å²) >= 11 is 0. The molecule has 0 saturated carbocycles. The Bertz CT molecular complexity index is 1160. The first-order valence-corrected chi connectivity index (χ1v) is 8.66. The van der Waals surface area contributed by atoms with Gasteiger partial charge in [0.1, 0.15) is 5.69 Å². The molecule has 2 aromatic carbocycles. The molecular formula is C20H19N5O4. The molecule has 1 heterocycles. The highest BCUT2D eigenvalue weighted by Gasteiger charge is 2.21. The second-order valence-electron chi connectivity index (χ2n) is 6.25. The van der Waals surface area contributed by atoms with Crippen LogP contribution >= 0.6 is 0 Å². The third-order valence-electron chi connectivity index (χ3n) is 4.44. The van der Waals surface area contributed by atoms with Gasteiger partial charge in [0, 0.05) is 7.05 Å². The van der Waals surface area contributed by atoms with E-state index in [4.69, 9.17) is 5.73 Å². The summed E-state index contributed by atoms with van der Waals surface area (Å²) < 4.78 is 3.07. The van der Waals surface area contributed by atoms with Gasteiger partial charge in [-0.25, -0.2) is 4.68 Å². The molecule has 9 nitrogen and oxygen atoms in total. The molecule has 0 radical (unpaired) electrons. The number of anilines is 2. The number of para-hydroxylation sites is 2. The molecule has 0 aliphatic carbocycles. The topological polar surface area (TPSA) is 128 Å². The van der Waals surface area contributed by atoms with Gasteiger partial charge in [0.05, 0.1) is 22.6 Å². The van der Waals surface area contributed by atoms with E-state index in [1.807, 2.05) is 6.07 Å². The first kappa shape index (κ1) is 19.6. The largest absolute Gasteiger partial charge is 0.361 e. The van der Waals surface area contributed by atoms with E-state index in [0.29, 0.717) is 11.4 Å². The van der Waals surface area contributed by atoms with E-state index in [2.05, 4.69) is 10.6 Å². The minimum atomic E-state index is -1.18. The maximum Gasteiger partial charge on any atom is 0.313 e. The second kappa shape index (κ2) is 7.85. The average molecular weight is 393 g/mol. The van der Waals surface area contributed by atoms with Crippen molar-refractivity contribution < 1.29 is 14.4 Å². The van der Waals surface area contributed by atoms with Crippen LogP contribution in [0.25, 0.3) is 5.69 Å². The van der Waals surface area contributed by atoms with E-state index in [-0.39, 0.29) is 16.9 Å². The Labute approximate surface area is 165 Å². The molecular weight excluding hydrogens is 374 g/mol. The van der Waals surface area contributed by atoms with E-state index in [9.17, 15) is 19.2 Å². The zero-order valence-corrected chi connectivity index (χ0v) is 15.8. The number of aromatic nitrogens is 2. The number of carbonyl (C=O) groups excluding carboxylic acids is 3. The molecule has 3 rings (SSSR count). The molecule has 0 unspecified atom stereocenters. The SMILES string of the molecule is Cc1c(NC(=O)c2ccccc2NC(=O)C(N)=O)c(=O)n(-c2ccccc2)n1C. The molecule has 0 aliphatic heterocycles. The highest BCUT2D eigenvalue weighted by molar-refractivity contribution is 6.39. The number of primary amides is 1. The maximum atomic E-state index is 12.9. The van der Waals surface area contributed by atoms with Crippen molar-refractivity contribution in [2.24, 2.45) is 12.8 Å². The average Bonchev–Trinajstić information content (AvgIpc) is 2.92. The number of hydrogen-bond acceptors (Lipinski definition) is 4. The van der Waals surface area contributed by atoms with Gasteiger partial charge in [0.25, 0.3) is 11.5 Å². The number of hydrogen-bond donors (Lipinski definition) is 3. The van der Waals surface area contributed by atoms with Crippen molar-refractivity contribution in [3.63, 3.8) is 0 Å². The van der Waals surface area contributed by atoms with Gasteiger partial charge in [0.15, 0.2) is 0 Å². The molecule has 1 aromatic heterocycles. The zero-order valence-electron chi connectivity index (χ0n) is 15.8. The summed E-state index contributed by atoms with van der Waals surface area (Å²) in [6.45, 7) is 1.71. The Morgan fingerprint density at radius 2 is 1.55 bits per heavy atom. The molecule has 0 saturated heterocycles. The van der Waals surface area contributed by atoms with Crippen molar-refractivity contribution in [1.29, 1.82) is 0 Å². The first-order chi connectivity index (χ1) is 13.8. The van der Waals surface area contributed by atoms with Crippen LogP contribution in [0.5, 0.6) is 0 Å². The quantitative estimate of drug-likeness (QED) is 0.575. The number of rotatable bonds is 4. The lowest BCUT2D eigenvalue weighted by atomic mass is 10.1. The van der Waals surface area contributed by atoms with Crippen LogP contribution in [0.1, 0.15) is 16.1 Å². The van der Waals surface area contributed by atoms with Crippen molar-refractivity contribution in [2.75, 3.05) is 10.6 Å². The molecule has 0 fully saturated rings. The molecule has 3 amide bonds. The fourth-order valence-electron chi connectivity index (χ4n) is 2.87. The minimum Gasteiger partial charge on any atom is -0.361 e. The maximum absolute atomic E-state index is 12.9. The lowest BCUT2D eigenvalue weighted by Crippen LogP contribution is -2.30.